The van der Waals surface area contributed by atoms with Crippen molar-refractivity contribution in [1.29, 1.82) is 0 Å². The normalized spacial score (nSPS) is 21.1. The minimum Gasteiger partial charge on any atom is -0.488 e. The predicted octanol–water partition coefficient (Wildman–Crippen LogP) is 0.563. The van der Waals surface area contributed by atoms with Crippen molar-refractivity contribution in [2.45, 2.75) is 12.5 Å². The molecule has 5 heteroatoms. The van der Waals surface area contributed by atoms with Gasteiger partial charge in [0.25, 0.3) is 0 Å². The molecule has 1 heterocycles. The monoisotopic (exact) mass is 265 g/mol. The molecule has 1 fully saturated rings. The van der Waals surface area contributed by atoms with Crippen molar-refractivity contribution < 1.29 is 13.2 Å². The van der Waals surface area contributed by atoms with Crippen LogP contribution in [0.2, 0.25) is 0 Å². The second kappa shape index (κ2) is 5.42. The topological polar surface area (TPSA) is 69.4 Å². The molecule has 0 spiro atoms. The van der Waals surface area contributed by atoms with Crippen LogP contribution in [0.3, 0.4) is 0 Å². The average molecular weight is 265 g/mol. The van der Waals surface area contributed by atoms with Crippen LogP contribution in [0.1, 0.15) is 12.0 Å². The number of rotatable bonds is 2. The molecule has 0 bridgehead atoms. The molecule has 0 aromatic heterocycles. The fourth-order valence-electron chi connectivity index (χ4n) is 1.85. The Balaban J connectivity index is 2.14. The second-order valence-corrected chi connectivity index (χ2v) is 6.37. The molecule has 4 nitrogen and oxygen atoms in total. The van der Waals surface area contributed by atoms with Crippen LogP contribution >= 0.6 is 0 Å². The Hall–Kier alpha value is -1.51. The molecule has 1 aromatic rings. The van der Waals surface area contributed by atoms with Crippen LogP contribution in [0.5, 0.6) is 5.75 Å². The molecule has 1 saturated heterocycles. The summed E-state index contributed by atoms with van der Waals surface area (Å²) in [6.45, 7) is 0.284. The highest BCUT2D eigenvalue weighted by Gasteiger charge is 2.29. The van der Waals surface area contributed by atoms with Gasteiger partial charge in [-0.1, -0.05) is 24.0 Å². The summed E-state index contributed by atoms with van der Waals surface area (Å²) in [6, 6.07) is 7.33. The summed E-state index contributed by atoms with van der Waals surface area (Å²) in [6.07, 6.45) is 0.275. The lowest BCUT2D eigenvalue weighted by Gasteiger charge is -2.13. The van der Waals surface area contributed by atoms with Crippen LogP contribution in [-0.4, -0.2) is 32.6 Å². The molecule has 2 rings (SSSR count). The number of nitrogens with two attached hydrogens (primary N) is 1. The molecule has 1 atom stereocenters. The summed E-state index contributed by atoms with van der Waals surface area (Å²) >= 11 is 0. The first-order valence-corrected chi connectivity index (χ1v) is 7.58. The molecule has 0 aliphatic carbocycles. The Morgan fingerprint density at radius 2 is 2.17 bits per heavy atom. The molecular weight excluding hydrogens is 250 g/mol. The summed E-state index contributed by atoms with van der Waals surface area (Å²) < 4.78 is 28.4. The van der Waals surface area contributed by atoms with E-state index in [1.807, 2.05) is 18.2 Å². The molecule has 1 aliphatic heterocycles. The van der Waals surface area contributed by atoms with E-state index in [2.05, 4.69) is 11.8 Å². The van der Waals surface area contributed by atoms with Crippen LogP contribution in [-0.2, 0) is 9.84 Å². The van der Waals surface area contributed by atoms with E-state index in [1.54, 1.807) is 6.07 Å². The second-order valence-electron chi connectivity index (χ2n) is 4.14. The summed E-state index contributed by atoms with van der Waals surface area (Å²) in [5.74, 6) is 6.60. The minimum atomic E-state index is -2.93. The summed E-state index contributed by atoms with van der Waals surface area (Å²) in [4.78, 5) is 0. The van der Waals surface area contributed by atoms with Crippen molar-refractivity contribution in [2.24, 2.45) is 5.73 Å². The molecule has 96 valence electrons. The van der Waals surface area contributed by atoms with Crippen molar-refractivity contribution in [3.05, 3.63) is 29.8 Å². The zero-order valence-corrected chi connectivity index (χ0v) is 10.7. The van der Waals surface area contributed by atoms with Crippen LogP contribution in [0, 0.1) is 11.8 Å². The van der Waals surface area contributed by atoms with Gasteiger partial charge < -0.3 is 10.5 Å². The fourth-order valence-corrected chi connectivity index (χ4v) is 3.44. The highest BCUT2D eigenvalue weighted by atomic mass is 32.2. The zero-order valence-electron chi connectivity index (χ0n) is 9.93. The van der Waals surface area contributed by atoms with E-state index in [-0.39, 0.29) is 24.2 Å². The Bertz CT molecular complexity index is 584. The van der Waals surface area contributed by atoms with E-state index >= 15 is 0 Å². The highest BCUT2D eigenvalue weighted by molar-refractivity contribution is 7.91. The number of hydrogen-bond acceptors (Lipinski definition) is 4. The lowest BCUT2D eigenvalue weighted by atomic mass is 10.2. The molecule has 1 aromatic carbocycles. The summed E-state index contributed by atoms with van der Waals surface area (Å²) in [5, 5.41) is 0. The first-order valence-electron chi connectivity index (χ1n) is 5.76. The van der Waals surface area contributed by atoms with Gasteiger partial charge in [-0.3, -0.25) is 0 Å². The smallest absolute Gasteiger partial charge is 0.154 e. The Labute approximate surface area is 107 Å². The van der Waals surface area contributed by atoms with Gasteiger partial charge in [-0.25, -0.2) is 8.42 Å². The van der Waals surface area contributed by atoms with Gasteiger partial charge in [0.2, 0.25) is 0 Å². The van der Waals surface area contributed by atoms with Crippen molar-refractivity contribution in [3.63, 3.8) is 0 Å². The molecule has 1 unspecified atom stereocenters. The first kappa shape index (κ1) is 12.9. The van der Waals surface area contributed by atoms with Crippen molar-refractivity contribution in [1.82, 2.24) is 0 Å². The van der Waals surface area contributed by atoms with E-state index in [4.69, 9.17) is 10.5 Å². The van der Waals surface area contributed by atoms with Crippen LogP contribution in [0.25, 0.3) is 0 Å². The third kappa shape index (κ3) is 3.25. The summed E-state index contributed by atoms with van der Waals surface area (Å²) in [5.41, 5.74) is 6.07. The van der Waals surface area contributed by atoms with Crippen LogP contribution in [0.4, 0.5) is 0 Å². The van der Waals surface area contributed by atoms with Gasteiger partial charge in [-0.15, -0.1) is 0 Å². The van der Waals surface area contributed by atoms with Gasteiger partial charge in [0.1, 0.15) is 11.9 Å². The van der Waals surface area contributed by atoms with E-state index in [9.17, 15) is 8.42 Å². The van der Waals surface area contributed by atoms with Crippen molar-refractivity contribution in [2.75, 3.05) is 18.1 Å². The number of ether oxygens (including phenoxy) is 1. The van der Waals surface area contributed by atoms with E-state index in [1.165, 1.54) is 0 Å². The van der Waals surface area contributed by atoms with Gasteiger partial charge in [0, 0.05) is 0 Å². The quantitative estimate of drug-likeness (QED) is 0.793. The van der Waals surface area contributed by atoms with E-state index < -0.39 is 9.84 Å². The van der Waals surface area contributed by atoms with Crippen molar-refractivity contribution >= 4 is 9.84 Å². The van der Waals surface area contributed by atoms with E-state index in [0.29, 0.717) is 12.2 Å². The minimum absolute atomic E-state index is 0.0889. The number of para-hydroxylation sites is 1. The Kier molecular flexibility index (Phi) is 3.90. The van der Waals surface area contributed by atoms with Gasteiger partial charge in [-0.2, -0.15) is 0 Å². The lowest BCUT2D eigenvalue weighted by molar-refractivity contribution is 0.228. The molecule has 0 amide bonds. The molecular formula is C13H15NO3S. The number of hydrogen-bond donors (Lipinski definition) is 1. The predicted molar refractivity (Wildman–Crippen MR) is 70.1 cm³/mol. The largest absolute Gasteiger partial charge is 0.488 e. The standard InChI is InChI=1S/C13H15NO3S/c14-8-3-5-11-4-1-2-6-13(11)17-12-7-9-18(15,16)10-12/h1-2,4,6,12H,7-10,14H2. The zero-order chi connectivity index (χ0) is 13.0. The average Bonchev–Trinajstić information content (AvgIpc) is 2.68. The maximum Gasteiger partial charge on any atom is 0.154 e. The first-order chi connectivity index (χ1) is 8.61. The van der Waals surface area contributed by atoms with E-state index in [0.717, 1.165) is 5.56 Å². The SMILES string of the molecule is NCC#Cc1ccccc1OC1CCS(=O)(=O)C1. The molecule has 2 N–H and O–H groups in total. The third-order valence-electron chi connectivity index (χ3n) is 2.70. The van der Waals surface area contributed by atoms with Crippen LogP contribution < -0.4 is 10.5 Å². The molecule has 0 radical (unpaired) electrons. The Morgan fingerprint density at radius 3 is 2.83 bits per heavy atom. The summed E-state index contributed by atoms with van der Waals surface area (Å²) in [7, 11) is -2.93. The van der Waals surface area contributed by atoms with Gasteiger partial charge in [0.15, 0.2) is 9.84 Å². The maximum absolute atomic E-state index is 11.4. The fraction of sp³-hybridized carbons (Fsp3) is 0.385. The highest BCUT2D eigenvalue weighted by Crippen LogP contribution is 2.22. The molecule has 18 heavy (non-hydrogen) atoms. The number of sulfone groups is 1. The Morgan fingerprint density at radius 1 is 1.39 bits per heavy atom. The number of benzene rings is 1. The van der Waals surface area contributed by atoms with Crippen molar-refractivity contribution in [3.8, 4) is 17.6 Å². The van der Waals surface area contributed by atoms with Gasteiger partial charge in [-0.05, 0) is 18.6 Å². The maximum atomic E-state index is 11.4. The van der Waals surface area contributed by atoms with Gasteiger partial charge >= 0.3 is 0 Å². The van der Waals surface area contributed by atoms with Crippen LogP contribution in [0.15, 0.2) is 24.3 Å². The molecule has 0 saturated carbocycles. The van der Waals surface area contributed by atoms with Gasteiger partial charge in [0.05, 0.1) is 23.6 Å². The third-order valence-corrected chi connectivity index (χ3v) is 4.43. The molecule has 1 aliphatic rings. The lowest BCUT2D eigenvalue weighted by Crippen LogP contribution is -2.18.